The van der Waals surface area contributed by atoms with E-state index in [1.807, 2.05) is 0 Å². The summed E-state index contributed by atoms with van der Waals surface area (Å²) in [6, 6.07) is 18.1. The Morgan fingerprint density at radius 1 is 0.408 bits per heavy atom. The molecule has 276 valence electrons. The van der Waals surface area contributed by atoms with Gasteiger partial charge >= 0.3 is 0 Å². The fourth-order valence-corrected chi connectivity index (χ4v) is 8.41. The lowest BCUT2D eigenvalue weighted by molar-refractivity contribution is 0.125. The van der Waals surface area contributed by atoms with E-state index in [4.69, 9.17) is 14.2 Å². The van der Waals surface area contributed by atoms with Crippen LogP contribution in [0.4, 0.5) is 0 Å². The molecule has 3 nitrogen and oxygen atoms in total. The molecule has 0 bridgehead atoms. The highest BCUT2D eigenvalue weighted by molar-refractivity contribution is 5.30. The van der Waals surface area contributed by atoms with Crippen molar-refractivity contribution in [1.82, 2.24) is 0 Å². The minimum atomic E-state index is 0.756. The molecule has 0 aromatic heterocycles. The van der Waals surface area contributed by atoms with E-state index in [1.54, 1.807) is 0 Å². The van der Waals surface area contributed by atoms with E-state index in [2.05, 4.69) is 62.4 Å². The van der Waals surface area contributed by atoms with Crippen molar-refractivity contribution in [3.05, 3.63) is 59.7 Å². The summed E-state index contributed by atoms with van der Waals surface area (Å²) in [5.41, 5.74) is 3.04. The maximum Gasteiger partial charge on any atom is 0.119 e. The summed E-state index contributed by atoms with van der Waals surface area (Å²) >= 11 is 0. The Hall–Kier alpha value is -2.00. The van der Waals surface area contributed by atoms with Gasteiger partial charge in [0.15, 0.2) is 0 Å². The van der Waals surface area contributed by atoms with Crippen molar-refractivity contribution in [3.8, 4) is 11.5 Å². The highest BCUT2D eigenvalue weighted by Crippen LogP contribution is 2.39. The Bertz CT molecular complexity index is 961. The van der Waals surface area contributed by atoms with E-state index in [9.17, 15) is 0 Å². The fraction of sp³-hybridized carbons (Fsp3) is 0.739. The van der Waals surface area contributed by atoms with E-state index >= 15 is 0 Å². The molecule has 0 saturated heterocycles. The van der Waals surface area contributed by atoms with Crippen molar-refractivity contribution < 1.29 is 14.2 Å². The summed E-state index contributed by atoms with van der Waals surface area (Å²) in [7, 11) is 0. The smallest absolute Gasteiger partial charge is 0.119 e. The maximum absolute atomic E-state index is 6.05. The fourth-order valence-electron chi connectivity index (χ4n) is 8.41. The van der Waals surface area contributed by atoms with Gasteiger partial charge in [-0.05, 0) is 149 Å². The molecule has 0 aliphatic heterocycles. The molecular weight excluding hydrogens is 601 g/mol. The third-order valence-electron chi connectivity index (χ3n) is 11.7. The molecule has 2 fully saturated rings. The lowest BCUT2D eigenvalue weighted by atomic mass is 9.77. The van der Waals surface area contributed by atoms with Gasteiger partial charge in [-0.25, -0.2) is 0 Å². The molecule has 2 aliphatic carbocycles. The first-order valence-electron chi connectivity index (χ1n) is 21.3. The third-order valence-corrected chi connectivity index (χ3v) is 11.7. The predicted octanol–water partition coefficient (Wildman–Crippen LogP) is 14.0. The van der Waals surface area contributed by atoms with Gasteiger partial charge in [-0.3, -0.25) is 0 Å². The number of hydrogen-bond acceptors (Lipinski definition) is 3. The van der Waals surface area contributed by atoms with Gasteiger partial charge < -0.3 is 14.2 Å². The first kappa shape index (κ1) is 39.8. The van der Waals surface area contributed by atoms with Gasteiger partial charge in [0.25, 0.3) is 0 Å². The Morgan fingerprint density at radius 2 is 0.776 bits per heavy atom. The van der Waals surface area contributed by atoms with Crippen molar-refractivity contribution in [3.63, 3.8) is 0 Å². The minimum Gasteiger partial charge on any atom is -0.494 e. The van der Waals surface area contributed by atoms with Gasteiger partial charge in [-0.15, -0.1) is 0 Å². The molecule has 0 atom stereocenters. The number of rotatable bonds is 26. The normalized spacial score (nSPS) is 21.1. The second-order valence-electron chi connectivity index (χ2n) is 15.7. The first-order valence-corrected chi connectivity index (χ1v) is 21.3. The highest BCUT2D eigenvalue weighted by atomic mass is 16.5. The van der Waals surface area contributed by atoms with Crippen LogP contribution in [-0.2, 0) is 4.74 Å². The Balaban J connectivity index is 0.899. The molecule has 0 spiro atoms. The molecule has 0 unspecified atom stereocenters. The lowest BCUT2D eigenvalue weighted by Crippen LogP contribution is -2.13. The number of unbranched alkanes of at least 4 members (excludes halogenated alkanes) is 10. The number of ether oxygens (including phenoxy) is 3. The van der Waals surface area contributed by atoms with Crippen LogP contribution in [0.25, 0.3) is 0 Å². The molecule has 2 aromatic rings. The van der Waals surface area contributed by atoms with Crippen molar-refractivity contribution in [1.29, 1.82) is 0 Å². The van der Waals surface area contributed by atoms with E-state index < -0.39 is 0 Å². The SMILES string of the molecule is CCCCCC1CCC(c2ccc(OCCCCCCOCCCCCCOc3ccc(C4CCC(CCCCC)CC4)cc3)cc2)CC1. The monoisotopic (exact) mass is 675 g/mol. The second kappa shape index (κ2) is 25.0. The summed E-state index contributed by atoms with van der Waals surface area (Å²) in [4.78, 5) is 0. The summed E-state index contributed by atoms with van der Waals surface area (Å²) in [6.45, 7) is 8.03. The standard InChI is InChI=1S/C46H74O3/c1-3-5-11-17-39-19-23-41(24-20-39)43-27-31-45(32-28-43)48-37-15-9-7-13-35-47-36-14-8-10-16-38-49-46-33-29-44(30-34-46)42-25-21-40(22-26-42)18-12-6-4-2/h27-34,39-42H,3-26,35-38H2,1-2H3. The average molecular weight is 675 g/mol. The quantitative estimate of drug-likeness (QED) is 0.0930. The van der Waals surface area contributed by atoms with E-state index in [-0.39, 0.29) is 0 Å². The Morgan fingerprint density at radius 3 is 1.14 bits per heavy atom. The van der Waals surface area contributed by atoms with Crippen LogP contribution in [0, 0.1) is 11.8 Å². The van der Waals surface area contributed by atoms with Crippen molar-refractivity contribution in [2.45, 2.75) is 180 Å². The van der Waals surface area contributed by atoms with E-state index in [1.165, 1.54) is 140 Å². The van der Waals surface area contributed by atoms with Gasteiger partial charge in [0, 0.05) is 13.2 Å². The van der Waals surface area contributed by atoms with Crippen LogP contribution >= 0.6 is 0 Å². The van der Waals surface area contributed by atoms with Crippen LogP contribution < -0.4 is 9.47 Å². The summed E-state index contributed by atoms with van der Waals surface area (Å²) in [5.74, 6) is 5.53. The van der Waals surface area contributed by atoms with Crippen molar-refractivity contribution >= 4 is 0 Å². The van der Waals surface area contributed by atoms with Gasteiger partial charge in [-0.1, -0.05) is 102 Å². The zero-order valence-corrected chi connectivity index (χ0v) is 32.0. The minimum absolute atomic E-state index is 0.756. The number of hydrogen-bond donors (Lipinski definition) is 0. The molecule has 0 radical (unpaired) electrons. The van der Waals surface area contributed by atoms with Crippen LogP contribution in [0.5, 0.6) is 11.5 Å². The second-order valence-corrected chi connectivity index (χ2v) is 15.7. The largest absolute Gasteiger partial charge is 0.494 e. The van der Waals surface area contributed by atoms with Gasteiger partial charge in [0.05, 0.1) is 13.2 Å². The van der Waals surface area contributed by atoms with Crippen molar-refractivity contribution in [2.24, 2.45) is 11.8 Å². The molecule has 0 amide bonds. The van der Waals surface area contributed by atoms with Gasteiger partial charge in [0.2, 0.25) is 0 Å². The van der Waals surface area contributed by atoms with Gasteiger partial charge in [-0.2, -0.15) is 0 Å². The molecule has 2 saturated carbocycles. The maximum atomic E-state index is 6.05. The highest BCUT2D eigenvalue weighted by Gasteiger charge is 2.23. The lowest BCUT2D eigenvalue weighted by Gasteiger charge is -2.29. The molecule has 49 heavy (non-hydrogen) atoms. The molecular formula is C46H74O3. The summed E-state index contributed by atoms with van der Waals surface area (Å²) in [6.07, 6.45) is 31.8. The molecule has 4 rings (SSSR count). The molecule has 0 N–H and O–H groups in total. The topological polar surface area (TPSA) is 27.7 Å². The van der Waals surface area contributed by atoms with Crippen molar-refractivity contribution in [2.75, 3.05) is 26.4 Å². The van der Waals surface area contributed by atoms with Crippen LogP contribution in [0.3, 0.4) is 0 Å². The van der Waals surface area contributed by atoms with E-state index in [0.717, 1.165) is 87.3 Å². The molecule has 2 aliphatic rings. The van der Waals surface area contributed by atoms with Crippen LogP contribution in [-0.4, -0.2) is 26.4 Å². The summed E-state index contributed by atoms with van der Waals surface area (Å²) < 4.78 is 18.0. The third kappa shape index (κ3) is 16.3. The number of benzene rings is 2. The van der Waals surface area contributed by atoms with Crippen LogP contribution in [0.2, 0.25) is 0 Å². The van der Waals surface area contributed by atoms with E-state index in [0.29, 0.717) is 0 Å². The Kier molecular flexibility index (Phi) is 20.3. The zero-order chi connectivity index (χ0) is 34.2. The van der Waals surface area contributed by atoms with Crippen LogP contribution in [0.1, 0.15) is 191 Å². The predicted molar refractivity (Wildman–Crippen MR) is 209 cm³/mol. The Labute approximate surface area is 302 Å². The molecule has 3 heteroatoms. The summed E-state index contributed by atoms with van der Waals surface area (Å²) in [5, 5.41) is 0. The molecule has 0 heterocycles. The van der Waals surface area contributed by atoms with Gasteiger partial charge in [0.1, 0.15) is 11.5 Å². The zero-order valence-electron chi connectivity index (χ0n) is 32.0. The first-order chi connectivity index (χ1) is 24.2. The average Bonchev–Trinajstić information content (AvgIpc) is 3.14. The molecule has 2 aromatic carbocycles. The van der Waals surface area contributed by atoms with Crippen LogP contribution in [0.15, 0.2) is 48.5 Å².